The van der Waals surface area contributed by atoms with Gasteiger partial charge < -0.3 is 24.4 Å². The lowest BCUT2D eigenvalue weighted by Gasteiger charge is -2.34. The largest absolute Gasteiger partial charge is 0.490 e. The number of hydrogen-bond acceptors (Lipinski definition) is 4. The molecule has 0 spiro atoms. The van der Waals surface area contributed by atoms with Crippen molar-refractivity contribution in [2.45, 2.75) is 70.5 Å². The molecule has 1 aromatic rings. The fourth-order valence-corrected chi connectivity index (χ4v) is 4.34. The molecule has 0 atom stereocenters. The maximum atomic E-state index is 6.07. The van der Waals surface area contributed by atoms with Gasteiger partial charge in [0.25, 0.3) is 0 Å². The molecule has 31 heavy (non-hydrogen) atoms. The van der Waals surface area contributed by atoms with Crippen molar-refractivity contribution in [2.24, 2.45) is 4.99 Å². The molecule has 1 aliphatic carbocycles. The quantitative estimate of drug-likeness (QED) is 0.326. The van der Waals surface area contributed by atoms with E-state index in [9.17, 15) is 0 Å². The summed E-state index contributed by atoms with van der Waals surface area (Å²) in [7, 11) is 1.74. The van der Waals surface area contributed by atoms with Gasteiger partial charge in [0.15, 0.2) is 5.96 Å². The summed E-state index contributed by atoms with van der Waals surface area (Å²) in [6, 6.07) is 8.58. The third kappa shape index (κ3) is 8.34. The van der Waals surface area contributed by atoms with Crippen LogP contribution in [-0.4, -0.2) is 69.6 Å². The Labute approximate surface area is 188 Å². The Hall–Kier alpha value is -1.79. The van der Waals surface area contributed by atoms with Crippen molar-refractivity contribution < 1.29 is 14.2 Å². The predicted molar refractivity (Wildman–Crippen MR) is 126 cm³/mol. The number of likely N-dealkylation sites (tertiary alicyclic amines) is 1. The van der Waals surface area contributed by atoms with Crippen LogP contribution in [0.2, 0.25) is 0 Å². The first-order chi connectivity index (χ1) is 15.3. The van der Waals surface area contributed by atoms with Crippen molar-refractivity contribution in [2.75, 3.05) is 46.5 Å². The number of ether oxygens (including phenoxy) is 3. The van der Waals surface area contributed by atoms with Crippen molar-refractivity contribution in [3.05, 3.63) is 29.8 Å². The molecule has 1 aliphatic heterocycles. The van der Waals surface area contributed by atoms with Crippen molar-refractivity contribution in [1.29, 1.82) is 0 Å². The minimum absolute atomic E-state index is 0.362. The molecule has 6 nitrogen and oxygen atoms in total. The van der Waals surface area contributed by atoms with E-state index in [-0.39, 0.29) is 0 Å². The lowest BCUT2D eigenvalue weighted by atomic mass is 10.1. The minimum Gasteiger partial charge on any atom is -0.490 e. The SMILES string of the molecule is CCNC(=NCCc1ccc(OC2CCCC2)cc1)N1CCC(OCCCOC)CC1. The summed E-state index contributed by atoms with van der Waals surface area (Å²) < 4.78 is 17.1. The molecule has 3 rings (SSSR count). The minimum atomic E-state index is 0.362. The standard InChI is InChI=1S/C25H41N3O3/c1-3-26-25(28-17-14-22(15-18-28)30-20-6-19-29-2)27-16-13-21-9-11-24(12-10-21)31-23-7-4-5-8-23/h9-12,22-23H,3-8,13-20H2,1-2H3,(H,26,27). The highest BCUT2D eigenvalue weighted by Crippen LogP contribution is 2.24. The summed E-state index contributed by atoms with van der Waals surface area (Å²) in [6.07, 6.45) is 9.79. The summed E-state index contributed by atoms with van der Waals surface area (Å²) in [4.78, 5) is 7.26. The van der Waals surface area contributed by atoms with Crippen molar-refractivity contribution in [1.82, 2.24) is 10.2 Å². The van der Waals surface area contributed by atoms with Gasteiger partial charge in [0, 0.05) is 46.5 Å². The van der Waals surface area contributed by atoms with Crippen LogP contribution >= 0.6 is 0 Å². The lowest BCUT2D eigenvalue weighted by molar-refractivity contribution is 0.00991. The third-order valence-electron chi connectivity index (χ3n) is 6.11. The van der Waals surface area contributed by atoms with Gasteiger partial charge in [-0.2, -0.15) is 0 Å². The third-order valence-corrected chi connectivity index (χ3v) is 6.11. The molecule has 1 aromatic carbocycles. The fraction of sp³-hybridized carbons (Fsp3) is 0.720. The van der Waals surface area contributed by atoms with E-state index in [0.29, 0.717) is 12.2 Å². The highest BCUT2D eigenvalue weighted by molar-refractivity contribution is 5.80. The molecule has 1 heterocycles. The number of nitrogens with zero attached hydrogens (tertiary/aromatic N) is 2. The molecule has 1 saturated heterocycles. The molecule has 0 radical (unpaired) electrons. The lowest BCUT2D eigenvalue weighted by Crippen LogP contribution is -2.47. The highest BCUT2D eigenvalue weighted by Gasteiger charge is 2.21. The molecule has 2 aliphatic rings. The highest BCUT2D eigenvalue weighted by atomic mass is 16.5. The zero-order valence-corrected chi connectivity index (χ0v) is 19.5. The van der Waals surface area contributed by atoms with E-state index in [0.717, 1.165) is 76.8 Å². The summed E-state index contributed by atoms with van der Waals surface area (Å²) in [5, 5.41) is 3.46. The molecule has 1 saturated carbocycles. The smallest absolute Gasteiger partial charge is 0.193 e. The number of piperidine rings is 1. The topological polar surface area (TPSA) is 55.3 Å². The molecule has 0 aromatic heterocycles. The van der Waals surface area contributed by atoms with E-state index in [2.05, 4.69) is 41.4 Å². The van der Waals surface area contributed by atoms with E-state index in [1.807, 2.05) is 0 Å². The second-order valence-electron chi connectivity index (χ2n) is 8.56. The molecule has 2 fully saturated rings. The fourth-order valence-electron chi connectivity index (χ4n) is 4.34. The number of rotatable bonds is 11. The van der Waals surface area contributed by atoms with E-state index < -0.39 is 0 Å². The van der Waals surface area contributed by atoms with Crippen LogP contribution in [0.25, 0.3) is 0 Å². The molecule has 1 N–H and O–H groups in total. The van der Waals surface area contributed by atoms with Gasteiger partial charge in [-0.05, 0) is 76.0 Å². The Morgan fingerprint density at radius 3 is 2.45 bits per heavy atom. The molecule has 0 bridgehead atoms. The van der Waals surface area contributed by atoms with Gasteiger partial charge in [0.05, 0.1) is 12.2 Å². The number of nitrogens with one attached hydrogen (secondary N) is 1. The Balaban J connectivity index is 1.41. The number of hydrogen-bond donors (Lipinski definition) is 1. The van der Waals surface area contributed by atoms with E-state index in [4.69, 9.17) is 19.2 Å². The van der Waals surface area contributed by atoms with Crippen LogP contribution in [0.5, 0.6) is 5.75 Å². The Morgan fingerprint density at radius 2 is 1.77 bits per heavy atom. The Kier molecular flexibility index (Phi) is 10.5. The zero-order valence-electron chi connectivity index (χ0n) is 19.5. The summed E-state index contributed by atoms with van der Waals surface area (Å²) in [5.74, 6) is 2.03. The summed E-state index contributed by atoms with van der Waals surface area (Å²) in [5.41, 5.74) is 1.31. The van der Waals surface area contributed by atoms with Gasteiger partial charge in [-0.25, -0.2) is 0 Å². The first kappa shape index (κ1) is 23.9. The van der Waals surface area contributed by atoms with Gasteiger partial charge in [0.1, 0.15) is 5.75 Å². The van der Waals surface area contributed by atoms with Crippen molar-refractivity contribution >= 4 is 5.96 Å². The van der Waals surface area contributed by atoms with Crippen LogP contribution in [0.1, 0.15) is 57.4 Å². The predicted octanol–water partition coefficient (Wildman–Crippen LogP) is 4.03. The van der Waals surface area contributed by atoms with Gasteiger partial charge in [-0.3, -0.25) is 4.99 Å². The second kappa shape index (κ2) is 13.6. The van der Waals surface area contributed by atoms with Crippen LogP contribution in [-0.2, 0) is 15.9 Å². The first-order valence-electron chi connectivity index (χ1n) is 12.2. The van der Waals surface area contributed by atoms with Crippen LogP contribution in [0.15, 0.2) is 29.3 Å². The van der Waals surface area contributed by atoms with Crippen LogP contribution in [0.4, 0.5) is 0 Å². The van der Waals surface area contributed by atoms with Crippen LogP contribution < -0.4 is 10.1 Å². The Morgan fingerprint density at radius 1 is 1.03 bits per heavy atom. The molecule has 174 valence electrons. The first-order valence-corrected chi connectivity index (χ1v) is 12.2. The van der Waals surface area contributed by atoms with Crippen molar-refractivity contribution in [3.63, 3.8) is 0 Å². The molecule has 0 unspecified atom stereocenters. The average Bonchev–Trinajstić information content (AvgIpc) is 3.31. The van der Waals surface area contributed by atoms with Gasteiger partial charge >= 0.3 is 0 Å². The van der Waals surface area contributed by atoms with Gasteiger partial charge in [0.2, 0.25) is 0 Å². The monoisotopic (exact) mass is 431 g/mol. The number of methoxy groups -OCH3 is 1. The second-order valence-corrected chi connectivity index (χ2v) is 8.56. The van der Waals surface area contributed by atoms with Gasteiger partial charge in [-0.1, -0.05) is 12.1 Å². The molecular weight excluding hydrogens is 390 g/mol. The number of guanidine groups is 1. The molecule has 0 amide bonds. The number of benzene rings is 1. The zero-order chi connectivity index (χ0) is 21.7. The normalized spacial score (nSPS) is 18.5. The maximum Gasteiger partial charge on any atom is 0.193 e. The molecular formula is C25H41N3O3. The summed E-state index contributed by atoms with van der Waals surface area (Å²) in [6.45, 7) is 7.35. The number of aliphatic imine (C=N–C) groups is 1. The van der Waals surface area contributed by atoms with Crippen LogP contribution in [0.3, 0.4) is 0 Å². The van der Waals surface area contributed by atoms with Crippen molar-refractivity contribution in [3.8, 4) is 5.75 Å². The van der Waals surface area contributed by atoms with Gasteiger partial charge in [-0.15, -0.1) is 0 Å². The van der Waals surface area contributed by atoms with E-state index in [1.54, 1.807) is 7.11 Å². The average molecular weight is 432 g/mol. The summed E-state index contributed by atoms with van der Waals surface area (Å²) >= 11 is 0. The van der Waals surface area contributed by atoms with Crippen LogP contribution in [0, 0.1) is 0 Å². The van der Waals surface area contributed by atoms with E-state index >= 15 is 0 Å². The Bertz CT molecular complexity index is 636. The van der Waals surface area contributed by atoms with E-state index in [1.165, 1.54) is 31.2 Å². The molecule has 6 heteroatoms. The maximum absolute atomic E-state index is 6.07.